The van der Waals surface area contributed by atoms with Crippen molar-refractivity contribution in [2.24, 2.45) is 0 Å². The summed E-state index contributed by atoms with van der Waals surface area (Å²) in [5.74, 6) is 0. The highest BCUT2D eigenvalue weighted by Gasteiger charge is 2.16. The summed E-state index contributed by atoms with van der Waals surface area (Å²) in [6, 6.07) is 8.16. The zero-order chi connectivity index (χ0) is 12.7. The first-order chi connectivity index (χ1) is 8.17. The molecule has 1 aromatic rings. The Hall–Kier alpha value is -0.940. The third-order valence-electron chi connectivity index (χ3n) is 2.64. The van der Waals surface area contributed by atoms with E-state index in [1.165, 1.54) is 5.56 Å². The highest BCUT2D eigenvalue weighted by Crippen LogP contribution is 2.22. The second kappa shape index (κ2) is 7.40. The summed E-state index contributed by atoms with van der Waals surface area (Å²) in [6.45, 7) is 2.61. The molecule has 2 unspecified atom stereocenters. The van der Waals surface area contributed by atoms with Crippen LogP contribution < -0.4 is 10.8 Å². The van der Waals surface area contributed by atoms with Crippen LogP contribution in [0.25, 0.3) is 0 Å². The molecule has 0 amide bonds. The molecular formula is C13H22N2O2. The van der Waals surface area contributed by atoms with E-state index in [1.54, 1.807) is 7.05 Å². The quantitative estimate of drug-likeness (QED) is 0.624. The maximum atomic E-state index is 9.79. The Morgan fingerprint density at radius 2 is 1.88 bits per heavy atom. The predicted molar refractivity (Wildman–Crippen MR) is 68.6 cm³/mol. The van der Waals surface area contributed by atoms with E-state index in [9.17, 15) is 5.11 Å². The van der Waals surface area contributed by atoms with Crippen LogP contribution in [0.15, 0.2) is 24.3 Å². The Bertz CT molecular complexity index is 314. The van der Waals surface area contributed by atoms with Gasteiger partial charge in [-0.2, -0.15) is 0 Å². The molecule has 0 radical (unpaired) electrons. The molecule has 0 aliphatic rings. The minimum Gasteiger partial charge on any atom is -0.392 e. The van der Waals surface area contributed by atoms with Gasteiger partial charge in [-0.05, 0) is 19.5 Å². The number of aryl methyl sites for hydroxylation is 1. The third kappa shape index (κ3) is 4.83. The van der Waals surface area contributed by atoms with Crippen molar-refractivity contribution in [3.63, 3.8) is 0 Å². The number of hydroxylamine groups is 1. The number of likely N-dealkylation sites (N-methyl/N-ethyl adjacent to an activating group) is 1. The Balaban J connectivity index is 2.67. The minimum absolute atomic E-state index is 0.135. The summed E-state index contributed by atoms with van der Waals surface area (Å²) in [6.07, 6.45) is 0.00804. The van der Waals surface area contributed by atoms with Gasteiger partial charge in [0.25, 0.3) is 0 Å². The van der Waals surface area contributed by atoms with Crippen LogP contribution in [0.2, 0.25) is 0 Å². The van der Waals surface area contributed by atoms with Gasteiger partial charge in [-0.3, -0.25) is 4.84 Å². The fourth-order valence-corrected chi connectivity index (χ4v) is 1.74. The van der Waals surface area contributed by atoms with Crippen molar-refractivity contribution in [1.29, 1.82) is 0 Å². The van der Waals surface area contributed by atoms with E-state index in [-0.39, 0.29) is 6.10 Å². The zero-order valence-electron chi connectivity index (χ0n) is 10.7. The van der Waals surface area contributed by atoms with Crippen molar-refractivity contribution >= 4 is 0 Å². The predicted octanol–water partition coefficient (Wildman–Crippen LogP) is 1.16. The number of aliphatic hydroxyl groups is 1. The van der Waals surface area contributed by atoms with Crippen molar-refractivity contribution in [3.8, 4) is 0 Å². The maximum absolute atomic E-state index is 9.79. The van der Waals surface area contributed by atoms with Crippen LogP contribution in [0.4, 0.5) is 0 Å². The molecule has 1 aromatic carbocycles. The molecule has 0 saturated heterocycles. The van der Waals surface area contributed by atoms with E-state index in [4.69, 9.17) is 4.84 Å². The van der Waals surface area contributed by atoms with Crippen LogP contribution in [-0.4, -0.2) is 31.9 Å². The normalized spacial score (nSPS) is 14.6. The summed E-state index contributed by atoms with van der Waals surface area (Å²) in [4.78, 5) is 5.45. The molecule has 0 fully saturated rings. The molecule has 96 valence electrons. The van der Waals surface area contributed by atoms with Crippen LogP contribution in [0.5, 0.6) is 0 Å². The number of benzene rings is 1. The molecule has 3 N–H and O–H groups in total. The van der Waals surface area contributed by atoms with Crippen LogP contribution in [0.1, 0.15) is 23.7 Å². The Kier molecular flexibility index (Phi) is 6.15. The van der Waals surface area contributed by atoms with E-state index >= 15 is 0 Å². The van der Waals surface area contributed by atoms with Gasteiger partial charge in [-0.15, -0.1) is 0 Å². The number of nitrogens with one attached hydrogen (secondary N) is 2. The molecule has 1 rings (SSSR count). The maximum Gasteiger partial charge on any atom is 0.106 e. The van der Waals surface area contributed by atoms with Crippen molar-refractivity contribution in [2.75, 3.05) is 20.6 Å². The van der Waals surface area contributed by atoms with Crippen LogP contribution in [0.3, 0.4) is 0 Å². The van der Waals surface area contributed by atoms with Crippen molar-refractivity contribution < 1.29 is 9.94 Å². The van der Waals surface area contributed by atoms with Gasteiger partial charge in [-0.1, -0.05) is 29.8 Å². The van der Waals surface area contributed by atoms with Gasteiger partial charge in [0, 0.05) is 20.0 Å². The van der Waals surface area contributed by atoms with Gasteiger partial charge in [0.15, 0.2) is 0 Å². The van der Waals surface area contributed by atoms with Gasteiger partial charge >= 0.3 is 0 Å². The van der Waals surface area contributed by atoms with Crippen LogP contribution in [-0.2, 0) is 4.84 Å². The molecule has 17 heavy (non-hydrogen) atoms. The highest BCUT2D eigenvalue weighted by atomic mass is 16.7. The Morgan fingerprint density at radius 3 is 2.41 bits per heavy atom. The summed E-state index contributed by atoms with van der Waals surface area (Å²) in [7, 11) is 3.55. The van der Waals surface area contributed by atoms with Crippen molar-refractivity contribution in [2.45, 2.75) is 25.6 Å². The molecule has 0 bridgehead atoms. The fourth-order valence-electron chi connectivity index (χ4n) is 1.74. The monoisotopic (exact) mass is 238 g/mol. The van der Waals surface area contributed by atoms with Crippen molar-refractivity contribution in [3.05, 3.63) is 35.4 Å². The minimum atomic E-state index is -0.417. The summed E-state index contributed by atoms with van der Waals surface area (Å²) in [5, 5.41) is 12.7. The van der Waals surface area contributed by atoms with Crippen molar-refractivity contribution in [1.82, 2.24) is 10.8 Å². The fraction of sp³-hybridized carbons (Fsp3) is 0.538. The van der Waals surface area contributed by atoms with Gasteiger partial charge in [0.1, 0.15) is 6.10 Å². The first-order valence-electron chi connectivity index (χ1n) is 5.89. The molecule has 0 aliphatic heterocycles. The third-order valence-corrected chi connectivity index (χ3v) is 2.64. The molecule has 0 heterocycles. The molecule has 2 atom stereocenters. The number of aliphatic hydroxyl groups excluding tert-OH is 1. The highest BCUT2D eigenvalue weighted by molar-refractivity contribution is 5.23. The first kappa shape index (κ1) is 14.1. The van der Waals surface area contributed by atoms with Crippen LogP contribution in [0, 0.1) is 6.92 Å². The van der Waals surface area contributed by atoms with Gasteiger partial charge in [0.05, 0.1) is 6.10 Å². The van der Waals surface area contributed by atoms with E-state index in [0.29, 0.717) is 13.0 Å². The smallest absolute Gasteiger partial charge is 0.106 e. The van der Waals surface area contributed by atoms with E-state index in [0.717, 1.165) is 5.56 Å². The lowest BCUT2D eigenvalue weighted by Crippen LogP contribution is -2.27. The molecule has 0 saturated carbocycles. The number of rotatable bonds is 7. The van der Waals surface area contributed by atoms with Gasteiger partial charge in [0.2, 0.25) is 0 Å². The average Bonchev–Trinajstić information content (AvgIpc) is 2.30. The topological polar surface area (TPSA) is 53.5 Å². The molecule has 0 aliphatic carbocycles. The van der Waals surface area contributed by atoms with E-state index in [2.05, 4.69) is 10.8 Å². The molecule has 0 spiro atoms. The molecule has 4 heteroatoms. The van der Waals surface area contributed by atoms with Gasteiger partial charge in [-0.25, -0.2) is 5.48 Å². The lowest BCUT2D eigenvalue weighted by atomic mass is 10.0. The Labute approximate surface area is 103 Å². The SMILES string of the molecule is CNCC(O)CC(ONC)c1ccc(C)cc1. The second-order valence-electron chi connectivity index (χ2n) is 4.17. The largest absolute Gasteiger partial charge is 0.392 e. The number of hydrogen-bond acceptors (Lipinski definition) is 4. The van der Waals surface area contributed by atoms with Gasteiger partial charge < -0.3 is 10.4 Å². The summed E-state index contributed by atoms with van der Waals surface area (Å²) in [5.41, 5.74) is 4.98. The lowest BCUT2D eigenvalue weighted by molar-refractivity contribution is -0.0385. The Morgan fingerprint density at radius 1 is 1.24 bits per heavy atom. The molecule has 4 nitrogen and oxygen atoms in total. The lowest BCUT2D eigenvalue weighted by Gasteiger charge is -2.20. The summed E-state index contributed by atoms with van der Waals surface area (Å²) < 4.78 is 0. The van der Waals surface area contributed by atoms with Crippen LogP contribution >= 0.6 is 0 Å². The summed E-state index contributed by atoms with van der Waals surface area (Å²) >= 11 is 0. The van der Waals surface area contributed by atoms with E-state index < -0.39 is 6.10 Å². The average molecular weight is 238 g/mol. The number of hydrogen-bond donors (Lipinski definition) is 3. The van der Waals surface area contributed by atoms with E-state index in [1.807, 2.05) is 38.2 Å². The molecular weight excluding hydrogens is 216 g/mol. The first-order valence-corrected chi connectivity index (χ1v) is 5.89. The second-order valence-corrected chi connectivity index (χ2v) is 4.17. The molecule has 0 aromatic heterocycles. The standard InChI is InChI=1S/C13H22N2O2/c1-10-4-6-11(7-5-10)13(17-15-3)8-12(16)9-14-2/h4-7,12-16H,8-9H2,1-3H3. The zero-order valence-corrected chi connectivity index (χ0v) is 10.7.